The van der Waals surface area contributed by atoms with Crippen LogP contribution in [0.3, 0.4) is 0 Å². The summed E-state index contributed by atoms with van der Waals surface area (Å²) in [6.07, 6.45) is 5.36. The lowest BCUT2D eigenvalue weighted by atomic mass is 10.1. The Balaban J connectivity index is 2.04. The molecule has 0 heterocycles. The van der Waals surface area contributed by atoms with Crippen molar-refractivity contribution < 1.29 is 18.3 Å². The first-order chi connectivity index (χ1) is 7.89. The molecule has 0 bridgehead atoms. The highest BCUT2D eigenvalue weighted by molar-refractivity contribution is 7.91. The van der Waals surface area contributed by atoms with Gasteiger partial charge in [0.25, 0.3) is 0 Å². The van der Waals surface area contributed by atoms with E-state index in [4.69, 9.17) is 5.11 Å². The van der Waals surface area contributed by atoms with E-state index < -0.39 is 27.1 Å². The number of nitrogens with one attached hydrogen (secondary N) is 1. The van der Waals surface area contributed by atoms with Crippen molar-refractivity contribution in [2.24, 2.45) is 5.92 Å². The first-order valence-electron chi connectivity index (χ1n) is 6.07. The van der Waals surface area contributed by atoms with E-state index in [9.17, 15) is 13.2 Å². The zero-order valence-corrected chi connectivity index (χ0v) is 10.7. The SMILES string of the molecule is CS(=O)(=O)C1CCCC1NC(C(=O)O)C1CC1. The molecule has 0 aromatic rings. The molecule has 0 aromatic carbocycles. The fraction of sp³-hybridized carbons (Fsp3) is 0.909. The molecule has 98 valence electrons. The first kappa shape index (κ1) is 12.8. The Hall–Kier alpha value is -0.620. The van der Waals surface area contributed by atoms with E-state index in [1.165, 1.54) is 6.26 Å². The van der Waals surface area contributed by atoms with E-state index in [-0.39, 0.29) is 12.0 Å². The number of aliphatic carboxylic acids is 1. The fourth-order valence-electron chi connectivity index (χ4n) is 2.70. The van der Waals surface area contributed by atoms with Crippen LogP contribution in [0.25, 0.3) is 0 Å². The van der Waals surface area contributed by atoms with Crippen LogP contribution >= 0.6 is 0 Å². The van der Waals surface area contributed by atoms with Crippen LogP contribution in [-0.2, 0) is 14.6 Å². The van der Waals surface area contributed by atoms with Gasteiger partial charge in [0.05, 0.1) is 5.25 Å². The highest BCUT2D eigenvalue weighted by Crippen LogP contribution is 2.34. The fourth-order valence-corrected chi connectivity index (χ4v) is 4.10. The molecular weight excluding hydrogens is 242 g/mol. The minimum atomic E-state index is -3.08. The van der Waals surface area contributed by atoms with E-state index in [1.54, 1.807) is 0 Å². The van der Waals surface area contributed by atoms with Crippen LogP contribution in [0.15, 0.2) is 0 Å². The van der Waals surface area contributed by atoms with Crippen molar-refractivity contribution in [2.75, 3.05) is 6.26 Å². The molecule has 5 nitrogen and oxygen atoms in total. The second-order valence-electron chi connectivity index (χ2n) is 5.23. The van der Waals surface area contributed by atoms with Crippen LogP contribution in [0.1, 0.15) is 32.1 Å². The highest BCUT2D eigenvalue weighted by atomic mass is 32.2. The number of hydrogen-bond donors (Lipinski definition) is 2. The molecule has 17 heavy (non-hydrogen) atoms. The van der Waals surface area contributed by atoms with Crippen molar-refractivity contribution in [3.8, 4) is 0 Å². The van der Waals surface area contributed by atoms with E-state index in [1.807, 2.05) is 0 Å². The maximum atomic E-state index is 11.6. The lowest BCUT2D eigenvalue weighted by molar-refractivity contribution is -0.140. The van der Waals surface area contributed by atoms with Crippen molar-refractivity contribution >= 4 is 15.8 Å². The Kier molecular flexibility index (Phi) is 3.45. The second-order valence-corrected chi connectivity index (χ2v) is 7.49. The van der Waals surface area contributed by atoms with Gasteiger partial charge in [0.1, 0.15) is 6.04 Å². The maximum Gasteiger partial charge on any atom is 0.320 e. The van der Waals surface area contributed by atoms with E-state index in [0.29, 0.717) is 6.42 Å². The smallest absolute Gasteiger partial charge is 0.320 e. The minimum absolute atomic E-state index is 0.188. The second kappa shape index (κ2) is 4.57. The van der Waals surface area contributed by atoms with Crippen molar-refractivity contribution in [3.05, 3.63) is 0 Å². The van der Waals surface area contributed by atoms with Crippen LogP contribution < -0.4 is 5.32 Å². The molecule has 0 spiro atoms. The quantitative estimate of drug-likeness (QED) is 0.748. The van der Waals surface area contributed by atoms with Gasteiger partial charge in [0.15, 0.2) is 9.84 Å². The average Bonchev–Trinajstić information content (AvgIpc) is 2.91. The molecule has 2 saturated carbocycles. The molecule has 0 radical (unpaired) electrons. The summed E-state index contributed by atoms with van der Waals surface area (Å²) in [6.45, 7) is 0. The Morgan fingerprint density at radius 2 is 1.94 bits per heavy atom. The van der Waals surface area contributed by atoms with Crippen LogP contribution in [0.4, 0.5) is 0 Å². The van der Waals surface area contributed by atoms with Gasteiger partial charge in [-0.2, -0.15) is 0 Å². The summed E-state index contributed by atoms with van der Waals surface area (Å²) in [6, 6.07) is -0.756. The molecule has 0 aromatic heterocycles. The molecule has 0 saturated heterocycles. The van der Waals surface area contributed by atoms with Gasteiger partial charge in [-0.25, -0.2) is 8.42 Å². The van der Waals surface area contributed by atoms with Crippen LogP contribution in [0.2, 0.25) is 0 Å². The number of rotatable bonds is 5. The lowest BCUT2D eigenvalue weighted by Gasteiger charge is -2.23. The first-order valence-corrected chi connectivity index (χ1v) is 8.03. The Labute approximate surface area is 102 Å². The molecule has 0 amide bonds. The molecule has 2 fully saturated rings. The molecule has 3 atom stereocenters. The summed E-state index contributed by atoms with van der Waals surface area (Å²) in [7, 11) is -3.08. The normalized spacial score (nSPS) is 31.4. The van der Waals surface area contributed by atoms with Crippen molar-refractivity contribution in [3.63, 3.8) is 0 Å². The average molecular weight is 261 g/mol. The Morgan fingerprint density at radius 1 is 1.29 bits per heavy atom. The van der Waals surface area contributed by atoms with Crippen LogP contribution in [-0.4, -0.2) is 43.1 Å². The third kappa shape index (κ3) is 2.98. The molecule has 2 aliphatic carbocycles. The van der Waals surface area contributed by atoms with Crippen molar-refractivity contribution in [2.45, 2.75) is 49.4 Å². The number of sulfone groups is 1. The summed E-state index contributed by atoms with van der Waals surface area (Å²) in [5.74, 6) is -0.667. The third-order valence-corrected chi connectivity index (χ3v) is 5.42. The van der Waals surface area contributed by atoms with Crippen molar-refractivity contribution in [1.29, 1.82) is 0 Å². The molecule has 3 unspecified atom stereocenters. The van der Waals surface area contributed by atoms with Crippen LogP contribution in [0.5, 0.6) is 0 Å². The molecular formula is C11H19NO4S. The zero-order chi connectivity index (χ0) is 12.6. The van der Waals surface area contributed by atoms with E-state index >= 15 is 0 Å². The molecule has 0 aliphatic heterocycles. The van der Waals surface area contributed by atoms with Gasteiger partial charge in [-0.1, -0.05) is 6.42 Å². The number of carboxylic acid groups (broad SMARTS) is 1. The Morgan fingerprint density at radius 3 is 2.41 bits per heavy atom. The maximum absolute atomic E-state index is 11.6. The molecule has 6 heteroatoms. The molecule has 2 N–H and O–H groups in total. The topological polar surface area (TPSA) is 83.5 Å². The summed E-state index contributed by atoms with van der Waals surface area (Å²) in [5.41, 5.74) is 0. The lowest BCUT2D eigenvalue weighted by Crippen LogP contribution is -2.49. The Bertz CT molecular complexity index is 402. The predicted octanol–water partition coefficient (Wildman–Crippen LogP) is 0.405. The monoisotopic (exact) mass is 261 g/mol. The van der Waals surface area contributed by atoms with Gasteiger partial charge in [0.2, 0.25) is 0 Å². The largest absolute Gasteiger partial charge is 0.480 e. The molecule has 2 aliphatic rings. The highest BCUT2D eigenvalue weighted by Gasteiger charge is 2.42. The number of hydrogen-bond acceptors (Lipinski definition) is 4. The summed E-state index contributed by atoms with van der Waals surface area (Å²) in [4.78, 5) is 11.1. The van der Waals surface area contributed by atoms with E-state index in [0.717, 1.165) is 25.7 Å². The summed E-state index contributed by atoms with van der Waals surface area (Å²) in [5, 5.41) is 11.8. The predicted molar refractivity (Wildman–Crippen MR) is 63.6 cm³/mol. The number of carbonyl (C=O) groups is 1. The summed E-state index contributed by atoms with van der Waals surface area (Å²) >= 11 is 0. The van der Waals surface area contributed by atoms with Gasteiger partial charge in [0, 0.05) is 12.3 Å². The van der Waals surface area contributed by atoms with Crippen LogP contribution in [0, 0.1) is 5.92 Å². The zero-order valence-electron chi connectivity index (χ0n) is 9.93. The standard InChI is InChI=1S/C11H19NO4S/c1-17(15,16)9-4-2-3-8(9)12-10(11(13)14)7-5-6-7/h7-10,12H,2-6H2,1H3,(H,13,14). The van der Waals surface area contributed by atoms with E-state index in [2.05, 4.69) is 5.32 Å². The summed E-state index contributed by atoms with van der Waals surface area (Å²) < 4.78 is 23.2. The third-order valence-electron chi connectivity index (χ3n) is 3.76. The van der Waals surface area contributed by atoms with Crippen molar-refractivity contribution in [1.82, 2.24) is 5.32 Å². The van der Waals surface area contributed by atoms with Gasteiger partial charge >= 0.3 is 5.97 Å². The molecule has 2 rings (SSSR count). The van der Waals surface area contributed by atoms with Gasteiger partial charge in [-0.05, 0) is 31.6 Å². The van der Waals surface area contributed by atoms with Gasteiger partial charge < -0.3 is 10.4 Å². The van der Waals surface area contributed by atoms with Gasteiger partial charge in [-0.15, -0.1) is 0 Å². The van der Waals surface area contributed by atoms with Gasteiger partial charge in [-0.3, -0.25) is 4.79 Å². The number of carboxylic acids is 1. The minimum Gasteiger partial charge on any atom is -0.480 e.